The van der Waals surface area contributed by atoms with E-state index in [1.165, 1.54) is 18.4 Å². The molecule has 0 saturated carbocycles. The first-order valence-electron chi connectivity index (χ1n) is 10.9. The summed E-state index contributed by atoms with van der Waals surface area (Å²) >= 11 is 0. The van der Waals surface area contributed by atoms with Gasteiger partial charge in [-0.05, 0) is 56.2 Å². The van der Waals surface area contributed by atoms with Crippen molar-refractivity contribution < 1.29 is 9.59 Å². The zero-order chi connectivity index (χ0) is 19.8. The van der Waals surface area contributed by atoms with Crippen LogP contribution in [0.2, 0.25) is 0 Å². The van der Waals surface area contributed by atoms with Crippen LogP contribution in [0.3, 0.4) is 0 Å². The minimum Gasteiger partial charge on any atom is -0.341 e. The van der Waals surface area contributed by atoms with E-state index in [1.54, 1.807) is 0 Å². The Labute approximate surface area is 181 Å². The zero-order valence-corrected chi connectivity index (χ0v) is 18.5. The molecule has 1 aromatic rings. The molecule has 0 radical (unpaired) electrons. The summed E-state index contributed by atoms with van der Waals surface area (Å²) in [5, 5.41) is 3.45. The fourth-order valence-corrected chi connectivity index (χ4v) is 4.41. The molecule has 29 heavy (non-hydrogen) atoms. The molecule has 2 aliphatic heterocycles. The first-order chi connectivity index (χ1) is 13.6. The number of aryl methyl sites for hydroxylation is 1. The molecular formula is C23H36ClN3O2. The molecule has 2 unspecified atom stereocenters. The van der Waals surface area contributed by atoms with E-state index in [0.29, 0.717) is 37.8 Å². The number of carbonyl (C=O) groups is 2. The number of hydrogen-bond donors (Lipinski definition) is 1. The van der Waals surface area contributed by atoms with Crippen molar-refractivity contribution in [1.82, 2.24) is 15.1 Å². The van der Waals surface area contributed by atoms with Crippen molar-refractivity contribution >= 4 is 24.2 Å². The largest absolute Gasteiger partial charge is 0.341 e. The Morgan fingerprint density at radius 2 is 1.72 bits per heavy atom. The van der Waals surface area contributed by atoms with Crippen LogP contribution in [0.15, 0.2) is 30.3 Å². The molecule has 162 valence electrons. The highest BCUT2D eigenvalue weighted by molar-refractivity contribution is 5.85. The van der Waals surface area contributed by atoms with Crippen molar-refractivity contribution in [2.45, 2.75) is 45.4 Å². The molecule has 6 heteroatoms. The third kappa shape index (κ3) is 7.31. The van der Waals surface area contributed by atoms with Crippen LogP contribution in [0.5, 0.6) is 0 Å². The van der Waals surface area contributed by atoms with Crippen molar-refractivity contribution in [1.29, 1.82) is 0 Å². The molecule has 0 spiro atoms. The van der Waals surface area contributed by atoms with E-state index in [4.69, 9.17) is 0 Å². The summed E-state index contributed by atoms with van der Waals surface area (Å²) in [4.78, 5) is 29.3. The molecule has 5 nitrogen and oxygen atoms in total. The minimum atomic E-state index is 0. The van der Waals surface area contributed by atoms with Crippen molar-refractivity contribution in [3.8, 4) is 0 Å². The quantitative estimate of drug-likeness (QED) is 0.767. The molecule has 0 aliphatic carbocycles. The number of piperidine rings is 1. The van der Waals surface area contributed by atoms with Gasteiger partial charge in [-0.25, -0.2) is 0 Å². The third-order valence-electron chi connectivity index (χ3n) is 6.31. The molecule has 2 saturated heterocycles. The molecule has 2 fully saturated rings. The molecule has 2 amide bonds. The van der Waals surface area contributed by atoms with Crippen LogP contribution in [0, 0.1) is 11.8 Å². The molecular weight excluding hydrogens is 386 g/mol. The Morgan fingerprint density at radius 3 is 2.38 bits per heavy atom. The zero-order valence-electron chi connectivity index (χ0n) is 17.6. The summed E-state index contributed by atoms with van der Waals surface area (Å²) in [5.41, 5.74) is 1.20. The Bertz CT molecular complexity index is 634. The normalized spacial score (nSPS) is 21.1. The number of rotatable bonds is 6. The monoisotopic (exact) mass is 421 g/mol. The Hall–Kier alpha value is -1.59. The van der Waals surface area contributed by atoms with Crippen LogP contribution in [0.25, 0.3) is 0 Å². The van der Waals surface area contributed by atoms with E-state index in [0.717, 1.165) is 39.0 Å². The van der Waals surface area contributed by atoms with Crippen LogP contribution < -0.4 is 5.32 Å². The fourth-order valence-electron chi connectivity index (χ4n) is 4.41. The second kappa shape index (κ2) is 12.2. The Kier molecular flexibility index (Phi) is 9.95. The van der Waals surface area contributed by atoms with Gasteiger partial charge < -0.3 is 15.1 Å². The maximum atomic E-state index is 12.8. The molecule has 2 atom stereocenters. The van der Waals surface area contributed by atoms with E-state index in [9.17, 15) is 9.59 Å². The van der Waals surface area contributed by atoms with Crippen molar-refractivity contribution in [3.05, 3.63) is 35.9 Å². The Morgan fingerprint density at radius 1 is 1.03 bits per heavy atom. The van der Waals surface area contributed by atoms with Gasteiger partial charge in [0.1, 0.15) is 0 Å². The van der Waals surface area contributed by atoms with E-state index in [1.807, 2.05) is 28.0 Å². The maximum Gasteiger partial charge on any atom is 0.222 e. The second-order valence-electron chi connectivity index (χ2n) is 8.39. The number of carbonyl (C=O) groups excluding carboxylic acids is 2. The van der Waals surface area contributed by atoms with Crippen molar-refractivity contribution in [2.75, 3.05) is 39.3 Å². The first kappa shape index (κ1) is 23.7. The smallest absolute Gasteiger partial charge is 0.222 e. The van der Waals surface area contributed by atoms with Gasteiger partial charge in [-0.2, -0.15) is 0 Å². The van der Waals surface area contributed by atoms with Gasteiger partial charge in [0.25, 0.3) is 0 Å². The highest BCUT2D eigenvalue weighted by Gasteiger charge is 2.26. The number of hydrogen-bond acceptors (Lipinski definition) is 3. The van der Waals surface area contributed by atoms with E-state index in [-0.39, 0.29) is 24.2 Å². The molecule has 1 aromatic carbocycles. The summed E-state index contributed by atoms with van der Waals surface area (Å²) in [7, 11) is 0. The van der Waals surface area contributed by atoms with Gasteiger partial charge in [0.05, 0.1) is 0 Å². The number of benzene rings is 1. The summed E-state index contributed by atoms with van der Waals surface area (Å²) in [6.45, 7) is 7.24. The predicted octanol–water partition coefficient (Wildman–Crippen LogP) is 3.13. The lowest BCUT2D eigenvalue weighted by atomic mass is 9.85. The summed E-state index contributed by atoms with van der Waals surface area (Å²) in [5.74, 6) is 1.50. The lowest BCUT2D eigenvalue weighted by molar-refractivity contribution is -0.134. The molecule has 1 N–H and O–H groups in total. The number of nitrogens with one attached hydrogen (secondary N) is 1. The van der Waals surface area contributed by atoms with Gasteiger partial charge in [0, 0.05) is 39.0 Å². The summed E-state index contributed by atoms with van der Waals surface area (Å²) < 4.78 is 0. The topological polar surface area (TPSA) is 52.7 Å². The minimum absolute atomic E-state index is 0. The van der Waals surface area contributed by atoms with Crippen LogP contribution in [0.4, 0.5) is 0 Å². The van der Waals surface area contributed by atoms with Crippen LogP contribution in [0.1, 0.15) is 44.6 Å². The lowest BCUT2D eigenvalue weighted by Gasteiger charge is -2.30. The average molecular weight is 422 g/mol. The number of amides is 2. The highest BCUT2D eigenvalue weighted by atomic mass is 35.5. The number of nitrogens with zero attached hydrogens (tertiary/aromatic N) is 2. The van der Waals surface area contributed by atoms with Crippen LogP contribution >= 0.6 is 12.4 Å². The molecule has 2 heterocycles. The predicted molar refractivity (Wildman–Crippen MR) is 119 cm³/mol. The van der Waals surface area contributed by atoms with Gasteiger partial charge >= 0.3 is 0 Å². The standard InChI is InChI=1S/C23H35N3O2.ClH/c1-19(21-9-5-12-24-18-21)17-23(28)26-14-6-13-25(15-16-26)22(27)11-10-20-7-3-2-4-8-20;/h2-4,7-8,19,21,24H,5-6,9-18H2,1H3;1H. The lowest BCUT2D eigenvalue weighted by Crippen LogP contribution is -2.39. The molecule has 3 rings (SSSR count). The van der Waals surface area contributed by atoms with Gasteiger partial charge in [-0.1, -0.05) is 37.3 Å². The van der Waals surface area contributed by atoms with Crippen LogP contribution in [-0.4, -0.2) is 60.9 Å². The van der Waals surface area contributed by atoms with E-state index < -0.39 is 0 Å². The fraction of sp³-hybridized carbons (Fsp3) is 0.652. The van der Waals surface area contributed by atoms with E-state index in [2.05, 4.69) is 24.4 Å². The Balaban J connectivity index is 0.00000300. The second-order valence-corrected chi connectivity index (χ2v) is 8.39. The van der Waals surface area contributed by atoms with Crippen molar-refractivity contribution in [2.24, 2.45) is 11.8 Å². The average Bonchev–Trinajstić information content (AvgIpc) is 3.00. The van der Waals surface area contributed by atoms with Gasteiger partial charge in [0.15, 0.2) is 0 Å². The summed E-state index contributed by atoms with van der Waals surface area (Å²) in [6.07, 6.45) is 5.28. The van der Waals surface area contributed by atoms with Gasteiger partial charge in [0.2, 0.25) is 11.8 Å². The van der Waals surface area contributed by atoms with Gasteiger partial charge in [-0.3, -0.25) is 9.59 Å². The van der Waals surface area contributed by atoms with Crippen molar-refractivity contribution in [3.63, 3.8) is 0 Å². The number of halogens is 1. The SMILES string of the molecule is CC(CC(=O)N1CCCN(C(=O)CCc2ccccc2)CC1)C1CCCNC1.Cl. The third-order valence-corrected chi connectivity index (χ3v) is 6.31. The van der Waals surface area contributed by atoms with Crippen LogP contribution in [-0.2, 0) is 16.0 Å². The summed E-state index contributed by atoms with van der Waals surface area (Å²) in [6, 6.07) is 10.2. The molecule has 2 aliphatic rings. The van der Waals surface area contributed by atoms with Gasteiger partial charge in [-0.15, -0.1) is 12.4 Å². The molecule has 0 aromatic heterocycles. The van der Waals surface area contributed by atoms with E-state index >= 15 is 0 Å². The highest BCUT2D eigenvalue weighted by Crippen LogP contribution is 2.23. The molecule has 0 bridgehead atoms. The first-order valence-corrected chi connectivity index (χ1v) is 10.9. The maximum absolute atomic E-state index is 12.8.